The van der Waals surface area contributed by atoms with Crippen LogP contribution in [0, 0.1) is 5.82 Å². The van der Waals surface area contributed by atoms with Crippen LogP contribution >= 0.6 is 12.4 Å². The molecule has 0 heterocycles. The number of hydrogen-bond donors (Lipinski definition) is 2. The number of nitrogens with two attached hydrogens (primary N) is 1. The molecule has 94 valence electrons. The van der Waals surface area contributed by atoms with E-state index in [0.717, 1.165) is 18.4 Å². The molecule has 0 radical (unpaired) electrons. The van der Waals surface area contributed by atoms with Gasteiger partial charge in [-0.3, -0.25) is 4.79 Å². The van der Waals surface area contributed by atoms with Crippen molar-refractivity contribution in [2.24, 2.45) is 5.73 Å². The van der Waals surface area contributed by atoms with E-state index in [2.05, 4.69) is 5.32 Å². The van der Waals surface area contributed by atoms with Crippen LogP contribution in [0.25, 0.3) is 0 Å². The first kappa shape index (κ1) is 13.9. The van der Waals surface area contributed by atoms with Crippen molar-refractivity contribution >= 4 is 18.3 Å². The van der Waals surface area contributed by atoms with Gasteiger partial charge in [0.25, 0.3) is 0 Å². The molecule has 1 fully saturated rings. The Balaban J connectivity index is 0.00000144. The lowest BCUT2D eigenvalue weighted by Gasteiger charge is -2.09. The Labute approximate surface area is 106 Å². The van der Waals surface area contributed by atoms with Crippen molar-refractivity contribution in [1.29, 1.82) is 0 Å². The topological polar surface area (TPSA) is 55.1 Å². The van der Waals surface area contributed by atoms with Crippen LogP contribution in [0.4, 0.5) is 4.39 Å². The molecule has 1 aromatic carbocycles. The van der Waals surface area contributed by atoms with Gasteiger partial charge >= 0.3 is 0 Å². The number of halogens is 2. The third-order valence-electron chi connectivity index (χ3n) is 2.83. The summed E-state index contributed by atoms with van der Waals surface area (Å²) in [5.41, 5.74) is 5.98. The van der Waals surface area contributed by atoms with Crippen molar-refractivity contribution in [3.63, 3.8) is 0 Å². The SMILES string of the molecule is Cl.NC1(C(=O)NCCc2cccc(F)c2)CC1. The number of amides is 1. The Kier molecular flexibility index (Phi) is 4.48. The molecule has 1 amide bonds. The lowest BCUT2D eigenvalue weighted by Crippen LogP contribution is -2.43. The molecule has 0 aliphatic heterocycles. The highest BCUT2D eigenvalue weighted by atomic mass is 35.5. The zero-order valence-electron chi connectivity index (χ0n) is 9.41. The lowest BCUT2D eigenvalue weighted by atomic mass is 10.1. The highest BCUT2D eigenvalue weighted by molar-refractivity contribution is 5.88. The molecule has 0 unspecified atom stereocenters. The molecule has 1 saturated carbocycles. The van der Waals surface area contributed by atoms with Crippen LogP contribution in [0.3, 0.4) is 0 Å². The van der Waals surface area contributed by atoms with Crippen LogP contribution < -0.4 is 11.1 Å². The van der Waals surface area contributed by atoms with Crippen LogP contribution in [0.2, 0.25) is 0 Å². The number of rotatable bonds is 4. The molecule has 3 nitrogen and oxygen atoms in total. The van der Waals surface area contributed by atoms with E-state index < -0.39 is 5.54 Å². The standard InChI is InChI=1S/C12H15FN2O.ClH/c13-10-3-1-2-9(8-10)4-7-15-11(16)12(14)5-6-12;/h1-3,8H,4-7,14H2,(H,15,16);1H. The van der Waals surface area contributed by atoms with Gasteiger partial charge in [0, 0.05) is 6.54 Å². The maximum Gasteiger partial charge on any atom is 0.240 e. The minimum absolute atomic E-state index is 0. The van der Waals surface area contributed by atoms with E-state index in [0.29, 0.717) is 13.0 Å². The predicted molar refractivity (Wildman–Crippen MR) is 66.5 cm³/mol. The molecule has 17 heavy (non-hydrogen) atoms. The minimum atomic E-state index is -0.623. The minimum Gasteiger partial charge on any atom is -0.354 e. The normalized spacial score (nSPS) is 15.9. The average Bonchev–Trinajstić information content (AvgIpc) is 2.98. The second-order valence-electron chi connectivity index (χ2n) is 4.29. The Bertz CT molecular complexity index is 407. The molecule has 3 N–H and O–H groups in total. The van der Waals surface area contributed by atoms with E-state index in [-0.39, 0.29) is 24.1 Å². The van der Waals surface area contributed by atoms with Gasteiger partial charge < -0.3 is 11.1 Å². The van der Waals surface area contributed by atoms with E-state index in [1.54, 1.807) is 6.07 Å². The van der Waals surface area contributed by atoms with Gasteiger partial charge in [-0.1, -0.05) is 12.1 Å². The fourth-order valence-electron chi connectivity index (χ4n) is 1.55. The second-order valence-corrected chi connectivity index (χ2v) is 4.29. The molecular weight excluding hydrogens is 243 g/mol. The first-order chi connectivity index (χ1) is 7.60. The third kappa shape index (κ3) is 3.68. The maximum absolute atomic E-state index is 12.8. The Morgan fingerprint density at radius 1 is 1.47 bits per heavy atom. The summed E-state index contributed by atoms with van der Waals surface area (Å²) in [6, 6.07) is 6.38. The molecule has 0 saturated heterocycles. The molecule has 2 rings (SSSR count). The predicted octanol–water partition coefficient (Wildman–Crippen LogP) is 1.40. The van der Waals surface area contributed by atoms with Gasteiger partial charge in [0.15, 0.2) is 0 Å². The number of carbonyl (C=O) groups is 1. The summed E-state index contributed by atoms with van der Waals surface area (Å²) < 4.78 is 12.8. The van der Waals surface area contributed by atoms with Gasteiger partial charge in [-0.15, -0.1) is 12.4 Å². The van der Waals surface area contributed by atoms with Crippen molar-refractivity contribution in [3.8, 4) is 0 Å². The molecule has 1 aliphatic carbocycles. The fraction of sp³-hybridized carbons (Fsp3) is 0.417. The Morgan fingerprint density at radius 2 is 2.18 bits per heavy atom. The first-order valence-electron chi connectivity index (χ1n) is 5.42. The van der Waals surface area contributed by atoms with E-state index in [1.165, 1.54) is 12.1 Å². The molecule has 1 aliphatic rings. The molecule has 1 aromatic rings. The maximum atomic E-state index is 12.8. The highest BCUT2D eigenvalue weighted by Crippen LogP contribution is 2.31. The van der Waals surface area contributed by atoms with Crippen molar-refractivity contribution < 1.29 is 9.18 Å². The van der Waals surface area contributed by atoms with Gasteiger partial charge in [-0.2, -0.15) is 0 Å². The highest BCUT2D eigenvalue weighted by Gasteiger charge is 2.45. The van der Waals surface area contributed by atoms with Crippen LogP contribution in [-0.2, 0) is 11.2 Å². The van der Waals surface area contributed by atoms with Crippen molar-refractivity contribution in [2.45, 2.75) is 24.8 Å². The largest absolute Gasteiger partial charge is 0.354 e. The van der Waals surface area contributed by atoms with Gasteiger partial charge in [-0.05, 0) is 37.0 Å². The molecule has 0 atom stereocenters. The Morgan fingerprint density at radius 3 is 2.76 bits per heavy atom. The smallest absolute Gasteiger partial charge is 0.240 e. The summed E-state index contributed by atoms with van der Waals surface area (Å²) in [6.45, 7) is 0.501. The number of nitrogens with one attached hydrogen (secondary N) is 1. The van der Waals surface area contributed by atoms with E-state index in [9.17, 15) is 9.18 Å². The number of carbonyl (C=O) groups excluding carboxylic acids is 1. The number of benzene rings is 1. The lowest BCUT2D eigenvalue weighted by molar-refractivity contribution is -0.123. The van der Waals surface area contributed by atoms with E-state index >= 15 is 0 Å². The monoisotopic (exact) mass is 258 g/mol. The second kappa shape index (κ2) is 5.47. The van der Waals surface area contributed by atoms with Crippen LogP contribution in [0.1, 0.15) is 18.4 Å². The van der Waals surface area contributed by atoms with Crippen molar-refractivity contribution in [2.75, 3.05) is 6.54 Å². The quantitative estimate of drug-likeness (QED) is 0.858. The van der Waals surface area contributed by atoms with Crippen LogP contribution in [0.15, 0.2) is 24.3 Å². The summed E-state index contributed by atoms with van der Waals surface area (Å²) >= 11 is 0. The molecule has 0 spiro atoms. The van der Waals surface area contributed by atoms with Gasteiger partial charge in [0.05, 0.1) is 5.54 Å². The zero-order valence-corrected chi connectivity index (χ0v) is 10.2. The summed E-state index contributed by atoms with van der Waals surface area (Å²) in [5, 5.41) is 2.77. The van der Waals surface area contributed by atoms with Gasteiger partial charge in [-0.25, -0.2) is 4.39 Å². The van der Waals surface area contributed by atoms with E-state index in [4.69, 9.17) is 5.73 Å². The molecule has 5 heteroatoms. The van der Waals surface area contributed by atoms with Crippen molar-refractivity contribution in [3.05, 3.63) is 35.6 Å². The van der Waals surface area contributed by atoms with Crippen LogP contribution in [0.5, 0.6) is 0 Å². The molecule has 0 aromatic heterocycles. The average molecular weight is 259 g/mol. The fourth-order valence-corrected chi connectivity index (χ4v) is 1.55. The molecule has 0 bridgehead atoms. The first-order valence-corrected chi connectivity index (χ1v) is 5.42. The summed E-state index contributed by atoms with van der Waals surface area (Å²) in [6.07, 6.45) is 2.15. The van der Waals surface area contributed by atoms with Gasteiger partial charge in [0.1, 0.15) is 5.82 Å². The summed E-state index contributed by atoms with van der Waals surface area (Å²) in [7, 11) is 0. The number of hydrogen-bond acceptors (Lipinski definition) is 2. The third-order valence-corrected chi connectivity index (χ3v) is 2.83. The van der Waals surface area contributed by atoms with Crippen LogP contribution in [-0.4, -0.2) is 18.0 Å². The van der Waals surface area contributed by atoms with E-state index in [1.807, 2.05) is 6.07 Å². The summed E-state index contributed by atoms with van der Waals surface area (Å²) in [5.74, 6) is -0.342. The summed E-state index contributed by atoms with van der Waals surface area (Å²) in [4.78, 5) is 11.5. The van der Waals surface area contributed by atoms with Gasteiger partial charge in [0.2, 0.25) is 5.91 Å². The Hall–Kier alpha value is -1.13. The zero-order chi connectivity index (χ0) is 11.6. The van der Waals surface area contributed by atoms with Crippen molar-refractivity contribution in [1.82, 2.24) is 5.32 Å². The molecular formula is C12H16ClFN2O.